The molecule has 0 amide bonds. The summed E-state index contributed by atoms with van der Waals surface area (Å²) in [6.07, 6.45) is 3.26. The smallest absolute Gasteiger partial charge is 0.195 e. The van der Waals surface area contributed by atoms with Crippen LogP contribution in [0.15, 0.2) is 36.1 Å². The van der Waals surface area contributed by atoms with E-state index < -0.39 is 0 Å². The lowest BCUT2D eigenvalue weighted by Crippen LogP contribution is -2.26. The van der Waals surface area contributed by atoms with Crippen molar-refractivity contribution < 1.29 is 18.6 Å². The Morgan fingerprint density at radius 3 is 2.56 bits per heavy atom. The fraction of sp³-hybridized carbons (Fsp3) is 0.429. The molecule has 1 fully saturated rings. The van der Waals surface area contributed by atoms with Gasteiger partial charge in [0.1, 0.15) is 5.82 Å². The molecule has 0 N–H and O–H groups in total. The first-order chi connectivity index (χ1) is 8.81. The van der Waals surface area contributed by atoms with Gasteiger partial charge in [0.25, 0.3) is 0 Å². The van der Waals surface area contributed by atoms with E-state index in [1.807, 2.05) is 0 Å². The van der Waals surface area contributed by atoms with E-state index in [4.69, 9.17) is 14.2 Å². The average molecular weight is 250 g/mol. The fourth-order valence-corrected chi connectivity index (χ4v) is 2.21. The quantitative estimate of drug-likeness (QED) is 0.824. The standard InChI is InChI=1S/C14H15FO3/c15-11-3-1-10(2-4-11)9-12-5-6-13(18-12)14-16-7-8-17-14/h1-5,13-14H,6-9H2. The summed E-state index contributed by atoms with van der Waals surface area (Å²) in [6.45, 7) is 1.27. The third-order valence-electron chi connectivity index (χ3n) is 3.12. The summed E-state index contributed by atoms with van der Waals surface area (Å²) in [5.74, 6) is 0.691. The highest BCUT2D eigenvalue weighted by molar-refractivity contribution is 5.21. The number of halogens is 1. The highest BCUT2D eigenvalue weighted by Crippen LogP contribution is 2.26. The Hall–Kier alpha value is -1.39. The van der Waals surface area contributed by atoms with Crippen LogP contribution in [0.4, 0.5) is 4.39 Å². The molecule has 1 saturated heterocycles. The van der Waals surface area contributed by atoms with Crippen molar-refractivity contribution in [2.75, 3.05) is 13.2 Å². The van der Waals surface area contributed by atoms with E-state index in [1.54, 1.807) is 12.1 Å². The van der Waals surface area contributed by atoms with Crippen LogP contribution in [0.3, 0.4) is 0 Å². The largest absolute Gasteiger partial charge is 0.489 e. The minimum atomic E-state index is -0.244. The normalized spacial score (nSPS) is 24.1. The van der Waals surface area contributed by atoms with E-state index in [0.29, 0.717) is 19.6 Å². The Labute approximate surface area is 105 Å². The molecular weight excluding hydrogens is 235 g/mol. The molecule has 2 aliphatic rings. The topological polar surface area (TPSA) is 27.7 Å². The van der Waals surface area contributed by atoms with Gasteiger partial charge in [0.15, 0.2) is 12.4 Å². The zero-order chi connectivity index (χ0) is 12.4. The Kier molecular flexibility index (Phi) is 3.30. The van der Waals surface area contributed by atoms with E-state index in [2.05, 4.69) is 6.08 Å². The van der Waals surface area contributed by atoms with Crippen molar-refractivity contribution in [3.63, 3.8) is 0 Å². The van der Waals surface area contributed by atoms with Gasteiger partial charge in [-0.25, -0.2) is 4.39 Å². The van der Waals surface area contributed by atoms with Crippen molar-refractivity contribution in [1.82, 2.24) is 0 Å². The Balaban J connectivity index is 1.57. The Bertz CT molecular complexity index is 435. The number of hydrogen-bond acceptors (Lipinski definition) is 3. The van der Waals surface area contributed by atoms with Gasteiger partial charge in [-0.2, -0.15) is 0 Å². The van der Waals surface area contributed by atoms with Crippen molar-refractivity contribution >= 4 is 0 Å². The van der Waals surface area contributed by atoms with Gasteiger partial charge in [0.2, 0.25) is 0 Å². The van der Waals surface area contributed by atoms with Gasteiger partial charge in [-0.3, -0.25) is 0 Å². The van der Waals surface area contributed by atoms with E-state index in [0.717, 1.165) is 17.7 Å². The van der Waals surface area contributed by atoms with Gasteiger partial charge in [-0.05, 0) is 23.8 Å². The molecule has 18 heavy (non-hydrogen) atoms. The third-order valence-corrected chi connectivity index (χ3v) is 3.12. The second kappa shape index (κ2) is 5.08. The molecule has 96 valence electrons. The lowest BCUT2D eigenvalue weighted by Gasteiger charge is -2.18. The molecule has 3 rings (SSSR count). The number of hydrogen-bond donors (Lipinski definition) is 0. The second-order valence-corrected chi connectivity index (χ2v) is 4.48. The Morgan fingerprint density at radius 2 is 1.83 bits per heavy atom. The summed E-state index contributed by atoms with van der Waals surface area (Å²) >= 11 is 0. The summed E-state index contributed by atoms with van der Waals surface area (Å²) in [5, 5.41) is 0. The van der Waals surface area contributed by atoms with Crippen molar-refractivity contribution in [1.29, 1.82) is 0 Å². The summed E-state index contributed by atoms with van der Waals surface area (Å²) < 4.78 is 29.4. The van der Waals surface area contributed by atoms with Crippen LogP contribution in [0.2, 0.25) is 0 Å². The first-order valence-electron chi connectivity index (χ1n) is 6.14. The number of allylic oxidation sites excluding steroid dienone is 1. The highest BCUT2D eigenvalue weighted by Gasteiger charge is 2.31. The number of ether oxygens (including phenoxy) is 3. The summed E-state index contributed by atoms with van der Waals surface area (Å²) in [4.78, 5) is 0. The van der Waals surface area contributed by atoms with Crippen LogP contribution in [0, 0.1) is 5.82 Å². The SMILES string of the molecule is Fc1ccc(CC2=CCC(C3OCCO3)O2)cc1. The minimum absolute atomic E-state index is 0.0389. The predicted octanol–water partition coefficient (Wildman–Crippen LogP) is 2.41. The van der Waals surface area contributed by atoms with Gasteiger partial charge < -0.3 is 14.2 Å². The molecule has 0 radical (unpaired) electrons. The van der Waals surface area contributed by atoms with Gasteiger partial charge >= 0.3 is 0 Å². The predicted molar refractivity (Wildman–Crippen MR) is 63.4 cm³/mol. The first kappa shape index (κ1) is 11.7. The van der Waals surface area contributed by atoms with E-state index >= 15 is 0 Å². The van der Waals surface area contributed by atoms with Crippen molar-refractivity contribution in [3.8, 4) is 0 Å². The minimum Gasteiger partial charge on any atom is -0.489 e. The number of rotatable bonds is 3. The maximum atomic E-state index is 12.8. The zero-order valence-electron chi connectivity index (χ0n) is 9.97. The summed E-state index contributed by atoms with van der Waals surface area (Å²) in [6, 6.07) is 6.47. The number of benzene rings is 1. The van der Waals surface area contributed by atoms with Crippen LogP contribution in [0.1, 0.15) is 12.0 Å². The first-order valence-corrected chi connectivity index (χ1v) is 6.14. The third kappa shape index (κ3) is 2.54. The lowest BCUT2D eigenvalue weighted by atomic mass is 10.1. The lowest BCUT2D eigenvalue weighted by molar-refractivity contribution is -0.120. The highest BCUT2D eigenvalue weighted by atomic mass is 19.1. The van der Waals surface area contributed by atoms with Crippen LogP contribution in [0.25, 0.3) is 0 Å². The van der Waals surface area contributed by atoms with Crippen LogP contribution in [-0.2, 0) is 20.6 Å². The molecule has 0 aromatic heterocycles. The molecule has 0 aliphatic carbocycles. The molecule has 2 aliphatic heterocycles. The van der Waals surface area contributed by atoms with E-state index in [1.165, 1.54) is 12.1 Å². The second-order valence-electron chi connectivity index (χ2n) is 4.48. The monoisotopic (exact) mass is 250 g/mol. The zero-order valence-corrected chi connectivity index (χ0v) is 9.97. The van der Waals surface area contributed by atoms with Crippen LogP contribution in [0.5, 0.6) is 0 Å². The maximum absolute atomic E-state index is 12.8. The molecule has 1 aromatic carbocycles. The Morgan fingerprint density at radius 1 is 1.11 bits per heavy atom. The van der Waals surface area contributed by atoms with E-state index in [9.17, 15) is 4.39 Å². The molecule has 3 nitrogen and oxygen atoms in total. The molecule has 1 atom stereocenters. The molecule has 0 spiro atoms. The van der Waals surface area contributed by atoms with Gasteiger partial charge in [-0.15, -0.1) is 0 Å². The summed E-state index contributed by atoms with van der Waals surface area (Å²) in [5.41, 5.74) is 1.04. The molecule has 0 bridgehead atoms. The molecule has 4 heteroatoms. The summed E-state index contributed by atoms with van der Waals surface area (Å²) in [7, 11) is 0. The average Bonchev–Trinajstić information content (AvgIpc) is 3.02. The molecule has 2 heterocycles. The van der Waals surface area contributed by atoms with Crippen molar-refractivity contribution in [2.24, 2.45) is 0 Å². The van der Waals surface area contributed by atoms with Crippen LogP contribution >= 0.6 is 0 Å². The van der Waals surface area contributed by atoms with Crippen LogP contribution < -0.4 is 0 Å². The van der Waals surface area contributed by atoms with Gasteiger partial charge in [0.05, 0.1) is 19.0 Å². The molecule has 1 unspecified atom stereocenters. The molecule has 1 aromatic rings. The maximum Gasteiger partial charge on any atom is 0.195 e. The van der Waals surface area contributed by atoms with Gasteiger partial charge in [-0.1, -0.05) is 12.1 Å². The van der Waals surface area contributed by atoms with Crippen molar-refractivity contribution in [3.05, 3.63) is 47.5 Å². The fourth-order valence-electron chi connectivity index (χ4n) is 2.21. The van der Waals surface area contributed by atoms with Crippen molar-refractivity contribution in [2.45, 2.75) is 25.2 Å². The van der Waals surface area contributed by atoms with Crippen LogP contribution in [-0.4, -0.2) is 25.6 Å². The van der Waals surface area contributed by atoms with Gasteiger partial charge in [0, 0.05) is 12.8 Å². The van der Waals surface area contributed by atoms with E-state index in [-0.39, 0.29) is 18.2 Å². The molecule has 0 saturated carbocycles. The molecular formula is C14H15FO3.